The van der Waals surface area contributed by atoms with Gasteiger partial charge in [-0.25, -0.2) is 9.97 Å². The van der Waals surface area contributed by atoms with Crippen molar-refractivity contribution in [2.75, 3.05) is 0 Å². The highest BCUT2D eigenvalue weighted by atomic mass is 15.1. The van der Waals surface area contributed by atoms with E-state index in [-0.39, 0.29) is 0 Å². The molecule has 0 saturated carbocycles. The fourth-order valence-corrected chi connectivity index (χ4v) is 2.70. The maximum atomic E-state index is 4.79. The van der Waals surface area contributed by atoms with Crippen molar-refractivity contribution in [3.05, 3.63) is 85.1 Å². The van der Waals surface area contributed by atoms with Crippen molar-refractivity contribution < 1.29 is 0 Å². The predicted molar refractivity (Wildman–Crippen MR) is 94.4 cm³/mol. The molecule has 23 heavy (non-hydrogen) atoms. The number of hydrogen-bond acceptors (Lipinski definition) is 2. The van der Waals surface area contributed by atoms with Gasteiger partial charge in [-0.2, -0.15) is 0 Å². The number of nitrogens with zero attached hydrogens (tertiary/aromatic N) is 3. The van der Waals surface area contributed by atoms with Gasteiger partial charge < -0.3 is 0 Å². The molecule has 3 nitrogen and oxygen atoms in total. The zero-order valence-corrected chi connectivity index (χ0v) is 12.6. The van der Waals surface area contributed by atoms with E-state index in [0.29, 0.717) is 0 Å². The smallest absolute Gasteiger partial charge is 0.164 e. The first-order valence-electron chi connectivity index (χ1n) is 7.48. The van der Waals surface area contributed by atoms with Crippen LogP contribution >= 0.6 is 0 Å². The number of benzene rings is 2. The third-order valence-corrected chi connectivity index (χ3v) is 3.84. The van der Waals surface area contributed by atoms with Gasteiger partial charge in [-0.05, 0) is 29.8 Å². The number of pyridine rings is 1. The number of para-hydroxylation sites is 1. The molecule has 3 heteroatoms. The molecule has 0 fully saturated rings. The average molecular weight is 297 g/mol. The number of fused-ring (bicyclic) bond motifs is 1. The Morgan fingerprint density at radius 1 is 0.870 bits per heavy atom. The van der Waals surface area contributed by atoms with E-state index in [2.05, 4.69) is 40.4 Å². The Hall–Kier alpha value is -3.20. The zero-order chi connectivity index (χ0) is 15.6. The lowest BCUT2D eigenvalue weighted by molar-refractivity contribution is 1.08. The van der Waals surface area contributed by atoms with Crippen LogP contribution in [-0.4, -0.2) is 14.5 Å². The molecule has 0 radical (unpaired) electrons. The molecule has 110 valence electrons. The Morgan fingerprint density at radius 2 is 1.65 bits per heavy atom. The molecule has 2 heterocycles. The maximum absolute atomic E-state index is 4.79. The lowest BCUT2D eigenvalue weighted by atomic mass is 10.1. The third kappa shape index (κ3) is 2.32. The number of imidazole rings is 1. The van der Waals surface area contributed by atoms with Crippen LogP contribution in [0.5, 0.6) is 0 Å². The average Bonchev–Trinajstić information content (AvgIpc) is 3.02. The van der Waals surface area contributed by atoms with Gasteiger partial charge in [0, 0.05) is 17.4 Å². The molecular weight excluding hydrogens is 282 g/mol. The summed E-state index contributed by atoms with van der Waals surface area (Å²) >= 11 is 0. The summed E-state index contributed by atoms with van der Waals surface area (Å²) in [5.41, 5.74) is 4.95. The van der Waals surface area contributed by atoms with Gasteiger partial charge >= 0.3 is 0 Å². The van der Waals surface area contributed by atoms with E-state index in [0.717, 1.165) is 33.8 Å². The SMILES string of the molecule is C=Cc1ccc(-c2nc3cccnc3n2-c2ccccc2)cc1. The Kier molecular flexibility index (Phi) is 3.24. The van der Waals surface area contributed by atoms with Crippen LogP contribution < -0.4 is 0 Å². The van der Waals surface area contributed by atoms with Crippen LogP contribution in [0.1, 0.15) is 5.56 Å². The molecule has 2 aromatic heterocycles. The summed E-state index contributed by atoms with van der Waals surface area (Å²) in [5.74, 6) is 0.889. The molecule has 2 aromatic carbocycles. The molecule has 0 saturated heterocycles. The summed E-state index contributed by atoms with van der Waals surface area (Å²) in [7, 11) is 0. The lowest BCUT2D eigenvalue weighted by Crippen LogP contribution is -1.98. The first-order valence-corrected chi connectivity index (χ1v) is 7.48. The summed E-state index contributed by atoms with van der Waals surface area (Å²) in [6.07, 6.45) is 3.64. The molecule has 0 N–H and O–H groups in total. The van der Waals surface area contributed by atoms with Gasteiger partial charge in [-0.3, -0.25) is 4.57 Å². The van der Waals surface area contributed by atoms with E-state index < -0.39 is 0 Å². The standard InChI is InChI=1S/C20H15N3/c1-2-15-10-12-16(13-11-15)19-22-18-9-6-14-21-20(18)23(19)17-7-4-3-5-8-17/h2-14H,1H2. The van der Waals surface area contributed by atoms with E-state index >= 15 is 0 Å². The van der Waals surface area contributed by atoms with Crippen molar-refractivity contribution in [1.82, 2.24) is 14.5 Å². The fraction of sp³-hybridized carbons (Fsp3) is 0. The molecule has 0 unspecified atom stereocenters. The summed E-state index contributed by atoms with van der Waals surface area (Å²) in [6, 6.07) is 22.3. The Balaban J connectivity index is 2.00. The van der Waals surface area contributed by atoms with Crippen LogP contribution in [0, 0.1) is 0 Å². The largest absolute Gasteiger partial charge is 0.277 e. The van der Waals surface area contributed by atoms with Crippen molar-refractivity contribution >= 4 is 17.2 Å². The van der Waals surface area contributed by atoms with E-state index in [1.54, 1.807) is 6.20 Å². The van der Waals surface area contributed by atoms with Gasteiger partial charge in [0.1, 0.15) is 11.3 Å². The van der Waals surface area contributed by atoms with Gasteiger partial charge in [0.15, 0.2) is 5.65 Å². The van der Waals surface area contributed by atoms with E-state index in [4.69, 9.17) is 4.98 Å². The first kappa shape index (κ1) is 13.5. The van der Waals surface area contributed by atoms with Crippen molar-refractivity contribution in [3.8, 4) is 17.1 Å². The Morgan fingerprint density at radius 3 is 2.39 bits per heavy atom. The van der Waals surface area contributed by atoms with Crippen LogP contribution in [0.15, 0.2) is 79.5 Å². The first-order chi connectivity index (χ1) is 11.4. The molecule has 0 aliphatic carbocycles. The number of aromatic nitrogens is 3. The van der Waals surface area contributed by atoms with Gasteiger partial charge in [-0.15, -0.1) is 0 Å². The molecule has 4 aromatic rings. The Bertz CT molecular complexity index is 967. The highest BCUT2D eigenvalue weighted by Crippen LogP contribution is 2.27. The van der Waals surface area contributed by atoms with Gasteiger partial charge in [0.2, 0.25) is 0 Å². The Labute approximate surface area is 134 Å². The molecule has 0 aliphatic heterocycles. The maximum Gasteiger partial charge on any atom is 0.164 e. The number of hydrogen-bond donors (Lipinski definition) is 0. The molecule has 4 rings (SSSR count). The van der Waals surface area contributed by atoms with Crippen molar-refractivity contribution in [2.45, 2.75) is 0 Å². The summed E-state index contributed by atoms with van der Waals surface area (Å²) in [4.78, 5) is 9.31. The topological polar surface area (TPSA) is 30.7 Å². The van der Waals surface area contributed by atoms with Crippen LogP contribution in [-0.2, 0) is 0 Å². The minimum Gasteiger partial charge on any atom is -0.277 e. The molecule has 0 aliphatic rings. The minimum absolute atomic E-state index is 0.862. The minimum atomic E-state index is 0.862. The highest BCUT2D eigenvalue weighted by molar-refractivity contribution is 5.80. The normalized spacial score (nSPS) is 10.8. The van der Waals surface area contributed by atoms with Crippen LogP contribution in [0.3, 0.4) is 0 Å². The summed E-state index contributed by atoms with van der Waals surface area (Å²) < 4.78 is 2.10. The van der Waals surface area contributed by atoms with E-state index in [9.17, 15) is 0 Å². The second-order valence-corrected chi connectivity index (χ2v) is 5.28. The van der Waals surface area contributed by atoms with Crippen molar-refractivity contribution in [2.24, 2.45) is 0 Å². The lowest BCUT2D eigenvalue weighted by Gasteiger charge is -2.09. The van der Waals surface area contributed by atoms with Crippen LogP contribution in [0.2, 0.25) is 0 Å². The second kappa shape index (κ2) is 5.54. The van der Waals surface area contributed by atoms with Crippen molar-refractivity contribution in [1.29, 1.82) is 0 Å². The molecule has 0 amide bonds. The highest BCUT2D eigenvalue weighted by Gasteiger charge is 2.14. The number of rotatable bonds is 3. The monoisotopic (exact) mass is 297 g/mol. The molecule has 0 spiro atoms. The zero-order valence-electron chi connectivity index (χ0n) is 12.6. The summed E-state index contributed by atoms with van der Waals surface area (Å²) in [6.45, 7) is 3.80. The fourth-order valence-electron chi connectivity index (χ4n) is 2.70. The van der Waals surface area contributed by atoms with Gasteiger partial charge in [0.05, 0.1) is 0 Å². The third-order valence-electron chi connectivity index (χ3n) is 3.84. The molecule has 0 atom stereocenters. The van der Waals surface area contributed by atoms with E-state index in [1.807, 2.05) is 48.5 Å². The van der Waals surface area contributed by atoms with Crippen LogP contribution in [0.4, 0.5) is 0 Å². The van der Waals surface area contributed by atoms with Crippen molar-refractivity contribution in [3.63, 3.8) is 0 Å². The van der Waals surface area contributed by atoms with E-state index in [1.165, 1.54) is 0 Å². The molecular formula is C20H15N3. The second-order valence-electron chi connectivity index (χ2n) is 5.28. The van der Waals surface area contributed by atoms with Gasteiger partial charge in [0.25, 0.3) is 0 Å². The predicted octanol–water partition coefficient (Wildman–Crippen LogP) is 4.73. The van der Waals surface area contributed by atoms with Crippen LogP contribution in [0.25, 0.3) is 34.3 Å². The quantitative estimate of drug-likeness (QED) is 0.547. The van der Waals surface area contributed by atoms with Gasteiger partial charge in [-0.1, -0.05) is 55.1 Å². The molecule has 0 bridgehead atoms. The summed E-state index contributed by atoms with van der Waals surface area (Å²) in [5, 5.41) is 0.